The highest BCUT2D eigenvalue weighted by atomic mass is 16.3. The fraction of sp³-hybridized carbons (Fsp3) is 0.333. The molecular formula is C15H18N4O3. The van der Waals surface area contributed by atoms with Crippen molar-refractivity contribution in [3.63, 3.8) is 0 Å². The minimum absolute atomic E-state index is 0.0781. The van der Waals surface area contributed by atoms with Crippen LogP contribution in [-0.4, -0.2) is 27.8 Å². The Labute approximate surface area is 127 Å². The first-order valence-electron chi connectivity index (χ1n) is 6.75. The second-order valence-electron chi connectivity index (χ2n) is 5.95. The molecule has 0 radical (unpaired) electrons. The summed E-state index contributed by atoms with van der Waals surface area (Å²) < 4.78 is 5.27. The van der Waals surface area contributed by atoms with Crippen LogP contribution in [0.2, 0.25) is 0 Å². The van der Waals surface area contributed by atoms with Gasteiger partial charge in [-0.05, 0) is 17.5 Å². The summed E-state index contributed by atoms with van der Waals surface area (Å²) in [5.41, 5.74) is 5.57. The van der Waals surface area contributed by atoms with Gasteiger partial charge >= 0.3 is 0 Å². The molecule has 0 aliphatic carbocycles. The molecule has 0 saturated heterocycles. The molecule has 7 nitrogen and oxygen atoms in total. The van der Waals surface area contributed by atoms with Crippen LogP contribution in [-0.2, 0) is 4.79 Å². The first-order valence-corrected chi connectivity index (χ1v) is 6.75. The molecule has 2 aromatic rings. The SMILES string of the molecule is CC(C)(C)[C@H](NC(=O)c1coc(-c2cccnc2)n1)C(N)=O. The molecule has 2 heterocycles. The highest BCUT2D eigenvalue weighted by molar-refractivity contribution is 5.96. The van der Waals surface area contributed by atoms with E-state index in [4.69, 9.17) is 10.2 Å². The third kappa shape index (κ3) is 3.49. The van der Waals surface area contributed by atoms with Crippen molar-refractivity contribution in [2.45, 2.75) is 26.8 Å². The Bertz CT molecular complexity index is 674. The number of pyridine rings is 1. The van der Waals surface area contributed by atoms with Crippen LogP contribution >= 0.6 is 0 Å². The van der Waals surface area contributed by atoms with Crippen LogP contribution in [0.25, 0.3) is 11.5 Å². The number of oxazole rings is 1. The van der Waals surface area contributed by atoms with E-state index in [1.54, 1.807) is 24.5 Å². The molecule has 1 atom stereocenters. The molecule has 3 N–H and O–H groups in total. The number of nitrogens with two attached hydrogens (primary N) is 1. The highest BCUT2D eigenvalue weighted by Crippen LogP contribution is 2.20. The van der Waals surface area contributed by atoms with Crippen LogP contribution in [0.15, 0.2) is 35.2 Å². The van der Waals surface area contributed by atoms with E-state index >= 15 is 0 Å². The lowest BCUT2D eigenvalue weighted by molar-refractivity contribution is -0.122. The van der Waals surface area contributed by atoms with E-state index < -0.39 is 23.3 Å². The van der Waals surface area contributed by atoms with E-state index in [9.17, 15) is 9.59 Å². The van der Waals surface area contributed by atoms with Crippen molar-refractivity contribution >= 4 is 11.8 Å². The zero-order valence-electron chi connectivity index (χ0n) is 12.7. The molecule has 22 heavy (non-hydrogen) atoms. The maximum Gasteiger partial charge on any atom is 0.273 e. The van der Waals surface area contributed by atoms with Crippen molar-refractivity contribution in [1.82, 2.24) is 15.3 Å². The first kappa shape index (κ1) is 15.7. The molecule has 0 aliphatic heterocycles. The Morgan fingerprint density at radius 1 is 1.36 bits per heavy atom. The summed E-state index contributed by atoms with van der Waals surface area (Å²) in [6.07, 6.45) is 4.44. The van der Waals surface area contributed by atoms with E-state index in [-0.39, 0.29) is 11.6 Å². The molecule has 0 aliphatic rings. The molecule has 0 aromatic carbocycles. The summed E-state index contributed by atoms with van der Waals surface area (Å²) in [4.78, 5) is 31.8. The van der Waals surface area contributed by atoms with Gasteiger partial charge < -0.3 is 15.5 Å². The van der Waals surface area contributed by atoms with Crippen molar-refractivity contribution in [3.8, 4) is 11.5 Å². The van der Waals surface area contributed by atoms with Crippen LogP contribution in [0.3, 0.4) is 0 Å². The Morgan fingerprint density at radius 2 is 2.09 bits per heavy atom. The second-order valence-corrected chi connectivity index (χ2v) is 5.95. The van der Waals surface area contributed by atoms with Gasteiger partial charge in [-0.15, -0.1) is 0 Å². The number of primary amides is 1. The number of amides is 2. The number of carbonyl (C=O) groups is 2. The maximum absolute atomic E-state index is 12.2. The molecule has 0 saturated carbocycles. The average Bonchev–Trinajstić information content (AvgIpc) is 2.93. The molecule has 7 heteroatoms. The van der Waals surface area contributed by atoms with Crippen LogP contribution in [0.1, 0.15) is 31.3 Å². The molecule has 0 fully saturated rings. The van der Waals surface area contributed by atoms with E-state index in [0.717, 1.165) is 0 Å². The van der Waals surface area contributed by atoms with Crippen LogP contribution in [0, 0.1) is 5.41 Å². The maximum atomic E-state index is 12.2. The number of carbonyl (C=O) groups excluding carboxylic acids is 2. The molecular weight excluding hydrogens is 284 g/mol. The summed E-state index contributed by atoms with van der Waals surface area (Å²) >= 11 is 0. The van der Waals surface area contributed by atoms with E-state index in [1.165, 1.54) is 6.26 Å². The largest absolute Gasteiger partial charge is 0.444 e. The van der Waals surface area contributed by atoms with Gasteiger partial charge in [-0.2, -0.15) is 0 Å². The Balaban J connectivity index is 2.17. The number of nitrogens with zero attached hydrogens (tertiary/aromatic N) is 2. The van der Waals surface area contributed by atoms with Crippen LogP contribution in [0.5, 0.6) is 0 Å². The Hall–Kier alpha value is -2.70. The summed E-state index contributed by atoms with van der Waals surface area (Å²) in [5.74, 6) is -0.834. The van der Waals surface area contributed by atoms with Gasteiger partial charge in [-0.1, -0.05) is 20.8 Å². The molecule has 116 valence electrons. The van der Waals surface area contributed by atoms with Crippen molar-refractivity contribution in [2.75, 3.05) is 0 Å². The van der Waals surface area contributed by atoms with Crippen LogP contribution in [0.4, 0.5) is 0 Å². The molecule has 0 spiro atoms. The number of aromatic nitrogens is 2. The molecule has 2 rings (SSSR count). The Morgan fingerprint density at radius 3 is 2.64 bits per heavy atom. The summed E-state index contributed by atoms with van der Waals surface area (Å²) in [6.45, 7) is 5.44. The lowest BCUT2D eigenvalue weighted by Gasteiger charge is -2.28. The minimum atomic E-state index is -0.807. The quantitative estimate of drug-likeness (QED) is 0.886. The van der Waals surface area contributed by atoms with Gasteiger partial charge in [0.2, 0.25) is 11.8 Å². The molecule has 2 amide bonds. The van der Waals surface area contributed by atoms with Gasteiger partial charge in [0.05, 0.1) is 5.56 Å². The fourth-order valence-electron chi connectivity index (χ4n) is 1.92. The molecule has 2 aromatic heterocycles. The normalized spacial score (nSPS) is 12.7. The zero-order chi connectivity index (χ0) is 16.3. The number of rotatable bonds is 4. The number of hydrogen-bond donors (Lipinski definition) is 2. The standard InChI is InChI=1S/C15H18N4O3/c1-15(2,3)11(12(16)20)19-13(21)10-8-22-14(18-10)9-5-4-6-17-7-9/h4-8,11H,1-3H3,(H2,16,20)(H,19,21)/t11-/m1/s1. The minimum Gasteiger partial charge on any atom is -0.444 e. The summed E-state index contributed by atoms with van der Waals surface area (Å²) in [6, 6.07) is 2.70. The van der Waals surface area contributed by atoms with E-state index in [0.29, 0.717) is 5.56 Å². The molecule has 0 unspecified atom stereocenters. The fourth-order valence-corrected chi connectivity index (χ4v) is 1.92. The number of hydrogen-bond acceptors (Lipinski definition) is 5. The van der Waals surface area contributed by atoms with Gasteiger partial charge in [0.25, 0.3) is 5.91 Å². The second kappa shape index (κ2) is 5.97. The average molecular weight is 302 g/mol. The van der Waals surface area contributed by atoms with Crippen molar-refractivity contribution in [3.05, 3.63) is 36.5 Å². The highest BCUT2D eigenvalue weighted by Gasteiger charge is 2.32. The van der Waals surface area contributed by atoms with Gasteiger partial charge in [0, 0.05) is 12.4 Å². The zero-order valence-corrected chi connectivity index (χ0v) is 12.7. The van der Waals surface area contributed by atoms with Crippen molar-refractivity contribution in [2.24, 2.45) is 11.1 Å². The molecule has 0 bridgehead atoms. The van der Waals surface area contributed by atoms with E-state index in [1.807, 2.05) is 20.8 Å². The topological polar surface area (TPSA) is 111 Å². The van der Waals surface area contributed by atoms with Crippen molar-refractivity contribution in [1.29, 1.82) is 0 Å². The summed E-state index contributed by atoms with van der Waals surface area (Å²) in [5, 5.41) is 2.59. The predicted octanol–water partition coefficient (Wildman–Crippen LogP) is 1.37. The predicted molar refractivity (Wildman–Crippen MR) is 79.6 cm³/mol. The Kier molecular flexibility index (Phi) is 4.25. The monoisotopic (exact) mass is 302 g/mol. The van der Waals surface area contributed by atoms with Gasteiger partial charge in [-0.25, -0.2) is 4.98 Å². The summed E-state index contributed by atoms with van der Waals surface area (Å²) in [7, 11) is 0. The van der Waals surface area contributed by atoms with E-state index in [2.05, 4.69) is 15.3 Å². The lowest BCUT2D eigenvalue weighted by atomic mass is 9.86. The van der Waals surface area contributed by atoms with Crippen LogP contribution < -0.4 is 11.1 Å². The lowest BCUT2D eigenvalue weighted by Crippen LogP contribution is -2.52. The van der Waals surface area contributed by atoms with Gasteiger partial charge in [-0.3, -0.25) is 14.6 Å². The first-order chi connectivity index (χ1) is 10.3. The van der Waals surface area contributed by atoms with Gasteiger partial charge in [0.1, 0.15) is 12.3 Å². The third-order valence-electron chi connectivity index (χ3n) is 3.07. The van der Waals surface area contributed by atoms with Gasteiger partial charge in [0.15, 0.2) is 5.69 Å². The number of nitrogens with one attached hydrogen (secondary N) is 1. The van der Waals surface area contributed by atoms with Crippen molar-refractivity contribution < 1.29 is 14.0 Å². The third-order valence-corrected chi connectivity index (χ3v) is 3.07. The smallest absolute Gasteiger partial charge is 0.273 e.